The average Bonchev–Trinajstić information content (AvgIpc) is 2.68. The summed E-state index contributed by atoms with van der Waals surface area (Å²) in [5, 5.41) is 14.8. The van der Waals surface area contributed by atoms with Gasteiger partial charge in [0.05, 0.1) is 0 Å². The van der Waals surface area contributed by atoms with Crippen LogP contribution in [0.1, 0.15) is 11.1 Å². The van der Waals surface area contributed by atoms with Gasteiger partial charge in [-0.25, -0.2) is 0 Å². The Morgan fingerprint density at radius 1 is 1.26 bits per heavy atom. The summed E-state index contributed by atoms with van der Waals surface area (Å²) in [6.07, 6.45) is 0.0598. The van der Waals surface area contributed by atoms with Gasteiger partial charge in [0, 0.05) is 22.7 Å². The maximum atomic E-state index is 11.0. The molecule has 2 heterocycles. The molecule has 0 fully saturated rings. The lowest BCUT2D eigenvalue weighted by Gasteiger charge is -2.36. The monoisotopic (exact) mass is 273 g/mol. The highest BCUT2D eigenvalue weighted by atomic mass is 35.5. The Morgan fingerprint density at radius 2 is 2.11 bits per heavy atom. The number of anilines is 1. The van der Waals surface area contributed by atoms with Crippen LogP contribution in [-0.4, -0.2) is 11.3 Å². The van der Waals surface area contributed by atoms with Gasteiger partial charge in [-0.15, -0.1) is 0 Å². The molecule has 19 heavy (non-hydrogen) atoms. The third-order valence-corrected chi connectivity index (χ3v) is 4.08. The van der Waals surface area contributed by atoms with Gasteiger partial charge in [-0.1, -0.05) is 29.8 Å². The first-order chi connectivity index (χ1) is 9.17. The number of rotatable bonds is 0. The molecule has 0 unspecified atom stereocenters. The Hall–Kier alpha value is -1.71. The highest BCUT2D eigenvalue weighted by Gasteiger charge is 2.50. The summed E-state index contributed by atoms with van der Waals surface area (Å²) in [4.78, 5) is 0. The fourth-order valence-corrected chi connectivity index (χ4v) is 3.07. The highest BCUT2D eigenvalue weighted by Crippen LogP contribution is 2.47. The molecule has 0 amide bonds. The second-order valence-corrected chi connectivity index (χ2v) is 5.48. The van der Waals surface area contributed by atoms with E-state index in [2.05, 4.69) is 5.32 Å². The smallest absolute Gasteiger partial charge is 0.203 e. The van der Waals surface area contributed by atoms with Crippen molar-refractivity contribution in [3.8, 4) is 5.75 Å². The van der Waals surface area contributed by atoms with Crippen LogP contribution in [0.15, 0.2) is 42.5 Å². The van der Waals surface area contributed by atoms with E-state index in [-0.39, 0.29) is 0 Å². The summed E-state index contributed by atoms with van der Waals surface area (Å²) in [5.41, 5.74) is 1.63. The number of hydrogen-bond donors (Lipinski definition) is 2. The SMILES string of the molecule is O[C@@]12Cc3ccccc3O[C@@H]1Nc1ccc(Cl)cc12. The molecular formula is C15H12ClNO2. The molecule has 96 valence electrons. The van der Waals surface area contributed by atoms with Gasteiger partial charge < -0.3 is 15.2 Å². The zero-order valence-electron chi connectivity index (χ0n) is 10.1. The number of fused-ring (bicyclic) bond motifs is 4. The predicted octanol–water partition coefficient (Wildman–Crippen LogP) is 2.91. The lowest BCUT2D eigenvalue weighted by atomic mass is 9.85. The van der Waals surface area contributed by atoms with E-state index in [1.54, 1.807) is 12.1 Å². The Kier molecular flexibility index (Phi) is 2.14. The molecule has 2 aliphatic rings. The molecule has 0 aromatic heterocycles. The van der Waals surface area contributed by atoms with Crippen LogP contribution in [0.5, 0.6) is 5.75 Å². The van der Waals surface area contributed by atoms with Crippen LogP contribution in [0, 0.1) is 0 Å². The lowest BCUT2D eigenvalue weighted by Crippen LogP contribution is -2.47. The van der Waals surface area contributed by atoms with Crippen molar-refractivity contribution >= 4 is 17.3 Å². The van der Waals surface area contributed by atoms with Crippen molar-refractivity contribution < 1.29 is 9.84 Å². The van der Waals surface area contributed by atoms with E-state index in [1.807, 2.05) is 30.3 Å². The van der Waals surface area contributed by atoms with Gasteiger partial charge >= 0.3 is 0 Å². The van der Waals surface area contributed by atoms with Gasteiger partial charge in [0.25, 0.3) is 0 Å². The van der Waals surface area contributed by atoms with Crippen LogP contribution in [0.25, 0.3) is 0 Å². The predicted molar refractivity (Wildman–Crippen MR) is 73.5 cm³/mol. The summed E-state index contributed by atoms with van der Waals surface area (Å²) in [5.74, 6) is 0.823. The van der Waals surface area contributed by atoms with Gasteiger partial charge in [-0.05, 0) is 29.8 Å². The van der Waals surface area contributed by atoms with Crippen molar-refractivity contribution in [3.05, 3.63) is 58.6 Å². The maximum absolute atomic E-state index is 11.0. The van der Waals surface area contributed by atoms with E-state index < -0.39 is 11.8 Å². The number of aliphatic hydroxyl groups is 1. The minimum atomic E-state index is -1.06. The molecule has 0 saturated heterocycles. The van der Waals surface area contributed by atoms with Crippen molar-refractivity contribution in [1.29, 1.82) is 0 Å². The number of hydrogen-bond acceptors (Lipinski definition) is 3. The Balaban J connectivity index is 1.86. The number of ether oxygens (including phenoxy) is 1. The quantitative estimate of drug-likeness (QED) is 0.775. The van der Waals surface area contributed by atoms with Crippen molar-refractivity contribution in [2.75, 3.05) is 5.32 Å². The van der Waals surface area contributed by atoms with Crippen LogP contribution in [0.3, 0.4) is 0 Å². The summed E-state index contributed by atoms with van der Waals surface area (Å²) < 4.78 is 5.88. The van der Waals surface area contributed by atoms with Crippen LogP contribution >= 0.6 is 11.6 Å². The molecule has 0 spiro atoms. The number of para-hydroxylation sites is 1. The third kappa shape index (κ3) is 1.49. The molecule has 2 aliphatic heterocycles. The topological polar surface area (TPSA) is 41.5 Å². The standard InChI is InChI=1S/C15H12ClNO2/c16-10-5-6-12-11(7-10)15(18)8-9-3-1-2-4-13(9)19-14(15)17-12/h1-7,14,17-18H,8H2/t14-,15+/m0/s1. The first kappa shape index (κ1) is 11.1. The summed E-state index contributed by atoms with van der Waals surface area (Å²) in [7, 11) is 0. The Bertz CT molecular complexity index is 673. The molecule has 2 aromatic rings. The largest absolute Gasteiger partial charge is 0.467 e. The number of benzene rings is 2. The van der Waals surface area contributed by atoms with E-state index in [9.17, 15) is 5.11 Å². The number of nitrogens with one attached hydrogen (secondary N) is 1. The van der Waals surface area contributed by atoms with Crippen LogP contribution in [0.4, 0.5) is 5.69 Å². The van der Waals surface area contributed by atoms with Crippen LogP contribution in [0.2, 0.25) is 5.02 Å². The van der Waals surface area contributed by atoms with E-state index in [4.69, 9.17) is 16.3 Å². The summed E-state index contributed by atoms with van der Waals surface area (Å²) in [6, 6.07) is 13.3. The number of halogens is 1. The first-order valence-electron chi connectivity index (χ1n) is 6.20. The van der Waals surface area contributed by atoms with Crippen molar-refractivity contribution in [2.24, 2.45) is 0 Å². The van der Waals surface area contributed by atoms with Gasteiger partial charge in [-0.2, -0.15) is 0 Å². The fourth-order valence-electron chi connectivity index (χ4n) is 2.90. The first-order valence-corrected chi connectivity index (χ1v) is 6.58. The molecule has 2 N–H and O–H groups in total. The van der Waals surface area contributed by atoms with Gasteiger partial charge in [-0.3, -0.25) is 0 Å². The fraction of sp³-hybridized carbons (Fsp3) is 0.200. The molecular weight excluding hydrogens is 262 g/mol. The summed E-state index contributed by atoms with van der Waals surface area (Å²) >= 11 is 6.04. The zero-order chi connectivity index (χ0) is 13.0. The van der Waals surface area contributed by atoms with E-state index in [0.717, 1.165) is 22.6 Å². The summed E-state index contributed by atoms with van der Waals surface area (Å²) in [6.45, 7) is 0. The second kappa shape index (κ2) is 3.65. The lowest BCUT2D eigenvalue weighted by molar-refractivity contribution is -0.0576. The molecule has 2 atom stereocenters. The third-order valence-electron chi connectivity index (χ3n) is 3.85. The Morgan fingerprint density at radius 3 is 3.00 bits per heavy atom. The highest BCUT2D eigenvalue weighted by molar-refractivity contribution is 6.30. The normalized spacial score (nSPS) is 26.7. The molecule has 0 bridgehead atoms. The second-order valence-electron chi connectivity index (χ2n) is 5.04. The molecule has 0 aliphatic carbocycles. The molecule has 4 heteroatoms. The van der Waals surface area contributed by atoms with E-state index in [1.165, 1.54) is 0 Å². The minimum absolute atomic E-state index is 0.462. The Labute approximate surface area is 115 Å². The molecule has 4 rings (SSSR count). The van der Waals surface area contributed by atoms with Crippen molar-refractivity contribution in [3.63, 3.8) is 0 Å². The van der Waals surface area contributed by atoms with Gasteiger partial charge in [0.15, 0.2) is 5.60 Å². The van der Waals surface area contributed by atoms with Gasteiger partial charge in [0.2, 0.25) is 6.23 Å². The van der Waals surface area contributed by atoms with Crippen molar-refractivity contribution in [1.82, 2.24) is 0 Å². The van der Waals surface area contributed by atoms with E-state index in [0.29, 0.717) is 11.4 Å². The van der Waals surface area contributed by atoms with Gasteiger partial charge in [0.1, 0.15) is 5.75 Å². The zero-order valence-corrected chi connectivity index (χ0v) is 10.8. The molecule has 0 saturated carbocycles. The molecule has 0 radical (unpaired) electrons. The average molecular weight is 274 g/mol. The molecule has 2 aromatic carbocycles. The van der Waals surface area contributed by atoms with Crippen LogP contribution < -0.4 is 10.1 Å². The molecule has 3 nitrogen and oxygen atoms in total. The van der Waals surface area contributed by atoms with E-state index >= 15 is 0 Å². The van der Waals surface area contributed by atoms with Crippen LogP contribution in [-0.2, 0) is 12.0 Å². The maximum Gasteiger partial charge on any atom is 0.203 e. The van der Waals surface area contributed by atoms with Crippen molar-refractivity contribution in [2.45, 2.75) is 18.2 Å². The minimum Gasteiger partial charge on any atom is -0.467 e.